The Morgan fingerprint density at radius 1 is 0.912 bits per heavy atom. The van der Waals surface area contributed by atoms with Gasteiger partial charge in [-0.1, -0.05) is 36.4 Å². The number of hydrogen-bond donors (Lipinski definition) is 0. The van der Waals surface area contributed by atoms with Crippen molar-refractivity contribution in [3.8, 4) is 17.2 Å². The highest BCUT2D eigenvalue weighted by Crippen LogP contribution is 2.27. The lowest BCUT2D eigenvalue weighted by molar-refractivity contribution is 0.0747. The lowest BCUT2D eigenvalue weighted by atomic mass is 10.0. The van der Waals surface area contributed by atoms with Crippen molar-refractivity contribution in [2.45, 2.75) is 6.54 Å². The highest BCUT2D eigenvalue weighted by molar-refractivity contribution is 6.01. The van der Waals surface area contributed by atoms with Gasteiger partial charge in [0.2, 0.25) is 0 Å². The summed E-state index contributed by atoms with van der Waals surface area (Å²) in [6.45, 7) is 3.43. The molecule has 0 radical (unpaired) electrons. The van der Waals surface area contributed by atoms with Crippen LogP contribution in [0.2, 0.25) is 0 Å². The lowest BCUT2D eigenvalue weighted by Gasteiger charge is -2.36. The second kappa shape index (κ2) is 9.63. The largest absolute Gasteiger partial charge is 0.368 e. The van der Waals surface area contributed by atoms with Crippen molar-refractivity contribution in [2.24, 2.45) is 0 Å². The first-order valence-electron chi connectivity index (χ1n) is 11.4. The van der Waals surface area contributed by atoms with Gasteiger partial charge < -0.3 is 14.4 Å². The molecule has 6 heteroatoms. The SMILES string of the molecule is N#Cc1cccc(N2CCN(C(=O)c3cn(Cc4ccncc4)cc3-c3ccccc3)CC2)c1. The van der Waals surface area contributed by atoms with Crippen LogP contribution >= 0.6 is 0 Å². The first-order valence-corrected chi connectivity index (χ1v) is 11.4. The Kier molecular flexibility index (Phi) is 6.09. The number of carbonyl (C=O) groups is 1. The fourth-order valence-electron chi connectivity index (χ4n) is 4.43. The summed E-state index contributed by atoms with van der Waals surface area (Å²) < 4.78 is 2.08. The minimum Gasteiger partial charge on any atom is -0.368 e. The predicted octanol–water partition coefficient (Wildman–Crippen LogP) is 4.43. The summed E-state index contributed by atoms with van der Waals surface area (Å²) in [6.07, 6.45) is 7.60. The number of aromatic nitrogens is 2. The van der Waals surface area contributed by atoms with E-state index >= 15 is 0 Å². The van der Waals surface area contributed by atoms with E-state index in [0.717, 1.165) is 41.0 Å². The molecular formula is C28H25N5O. The number of piperazine rings is 1. The summed E-state index contributed by atoms with van der Waals surface area (Å²) in [5.74, 6) is 0.0535. The molecule has 3 heterocycles. The molecule has 34 heavy (non-hydrogen) atoms. The third-order valence-corrected chi connectivity index (χ3v) is 6.22. The minimum absolute atomic E-state index is 0.0535. The van der Waals surface area contributed by atoms with E-state index in [0.29, 0.717) is 25.2 Å². The van der Waals surface area contributed by atoms with E-state index in [9.17, 15) is 10.1 Å². The average Bonchev–Trinajstić information content (AvgIpc) is 3.33. The molecule has 0 saturated carbocycles. The van der Waals surface area contributed by atoms with Crippen molar-refractivity contribution in [1.82, 2.24) is 14.5 Å². The Balaban J connectivity index is 1.37. The predicted molar refractivity (Wildman–Crippen MR) is 132 cm³/mol. The van der Waals surface area contributed by atoms with Gasteiger partial charge in [-0.25, -0.2) is 0 Å². The molecular weight excluding hydrogens is 422 g/mol. The Morgan fingerprint density at radius 2 is 1.68 bits per heavy atom. The highest BCUT2D eigenvalue weighted by atomic mass is 16.2. The smallest absolute Gasteiger partial charge is 0.256 e. The van der Waals surface area contributed by atoms with Crippen LogP contribution in [0.4, 0.5) is 5.69 Å². The van der Waals surface area contributed by atoms with Crippen LogP contribution in [0.1, 0.15) is 21.5 Å². The van der Waals surface area contributed by atoms with Gasteiger partial charge in [-0.05, 0) is 41.5 Å². The Labute approximate surface area is 199 Å². The molecule has 0 aliphatic carbocycles. The Bertz CT molecular complexity index is 1320. The lowest BCUT2D eigenvalue weighted by Crippen LogP contribution is -2.48. The maximum atomic E-state index is 13.6. The van der Waals surface area contributed by atoms with Crippen LogP contribution in [0.25, 0.3) is 11.1 Å². The van der Waals surface area contributed by atoms with Gasteiger partial charge in [-0.15, -0.1) is 0 Å². The van der Waals surface area contributed by atoms with Crippen molar-refractivity contribution in [1.29, 1.82) is 5.26 Å². The number of nitrogens with zero attached hydrogens (tertiary/aromatic N) is 5. The van der Waals surface area contributed by atoms with E-state index in [-0.39, 0.29) is 5.91 Å². The molecule has 2 aromatic heterocycles. The summed E-state index contributed by atoms with van der Waals surface area (Å²) in [4.78, 5) is 21.9. The van der Waals surface area contributed by atoms with E-state index in [1.807, 2.05) is 77.8 Å². The quantitative estimate of drug-likeness (QED) is 0.454. The number of carbonyl (C=O) groups excluding carboxylic acids is 1. The number of hydrogen-bond acceptors (Lipinski definition) is 4. The fourth-order valence-corrected chi connectivity index (χ4v) is 4.43. The highest BCUT2D eigenvalue weighted by Gasteiger charge is 2.25. The molecule has 1 fully saturated rings. The van der Waals surface area contributed by atoms with Gasteiger partial charge in [0, 0.05) is 68.8 Å². The molecule has 1 aliphatic rings. The standard InChI is InChI=1S/C28H25N5O/c29-18-23-5-4-8-25(17-23)32-13-15-33(16-14-32)28(34)27-21-31(19-22-9-11-30-12-10-22)20-26(27)24-6-2-1-3-7-24/h1-12,17,20-21H,13-16,19H2. The Morgan fingerprint density at radius 3 is 2.41 bits per heavy atom. The second-order valence-electron chi connectivity index (χ2n) is 8.42. The maximum Gasteiger partial charge on any atom is 0.256 e. The summed E-state index contributed by atoms with van der Waals surface area (Å²) in [5, 5.41) is 9.19. The van der Waals surface area contributed by atoms with Gasteiger partial charge in [-0.2, -0.15) is 5.26 Å². The second-order valence-corrected chi connectivity index (χ2v) is 8.42. The van der Waals surface area contributed by atoms with Gasteiger partial charge in [0.15, 0.2) is 0 Å². The zero-order chi connectivity index (χ0) is 23.3. The van der Waals surface area contributed by atoms with E-state index < -0.39 is 0 Å². The molecule has 0 N–H and O–H groups in total. The number of pyridine rings is 1. The van der Waals surface area contributed by atoms with Gasteiger partial charge in [-0.3, -0.25) is 9.78 Å². The van der Waals surface area contributed by atoms with Crippen molar-refractivity contribution in [3.63, 3.8) is 0 Å². The van der Waals surface area contributed by atoms with Crippen LogP contribution < -0.4 is 4.90 Å². The zero-order valence-corrected chi connectivity index (χ0v) is 18.8. The fraction of sp³-hybridized carbons (Fsp3) is 0.179. The van der Waals surface area contributed by atoms with E-state index in [1.165, 1.54) is 0 Å². The first kappa shape index (κ1) is 21.5. The van der Waals surface area contributed by atoms with Crippen molar-refractivity contribution in [2.75, 3.05) is 31.1 Å². The topological polar surface area (TPSA) is 65.2 Å². The molecule has 1 amide bonds. The van der Waals surface area contributed by atoms with E-state index in [4.69, 9.17) is 0 Å². The summed E-state index contributed by atoms with van der Waals surface area (Å²) in [6, 6.07) is 23.9. The molecule has 0 unspecified atom stereocenters. The molecule has 1 saturated heterocycles. The molecule has 2 aromatic carbocycles. The summed E-state index contributed by atoms with van der Waals surface area (Å²) in [5.41, 5.74) is 5.52. The van der Waals surface area contributed by atoms with Crippen LogP contribution in [0.15, 0.2) is 91.5 Å². The normalized spacial score (nSPS) is 13.5. The van der Waals surface area contributed by atoms with E-state index in [1.54, 1.807) is 12.4 Å². The number of amides is 1. The molecule has 5 rings (SSSR count). The van der Waals surface area contributed by atoms with Crippen molar-refractivity contribution >= 4 is 11.6 Å². The molecule has 4 aromatic rings. The molecule has 0 spiro atoms. The summed E-state index contributed by atoms with van der Waals surface area (Å²) in [7, 11) is 0. The number of anilines is 1. The van der Waals surface area contributed by atoms with Crippen molar-refractivity contribution in [3.05, 3.63) is 108 Å². The van der Waals surface area contributed by atoms with Gasteiger partial charge in [0.25, 0.3) is 5.91 Å². The molecule has 0 atom stereocenters. The molecule has 0 bridgehead atoms. The van der Waals surface area contributed by atoms with Crippen molar-refractivity contribution < 1.29 is 4.79 Å². The van der Waals surface area contributed by atoms with Crippen LogP contribution in [0.5, 0.6) is 0 Å². The maximum absolute atomic E-state index is 13.6. The van der Waals surface area contributed by atoms with E-state index in [2.05, 4.69) is 26.7 Å². The van der Waals surface area contributed by atoms with Gasteiger partial charge in [0.05, 0.1) is 17.2 Å². The minimum atomic E-state index is 0.0535. The number of nitriles is 1. The summed E-state index contributed by atoms with van der Waals surface area (Å²) >= 11 is 0. The van der Waals surface area contributed by atoms with Gasteiger partial charge in [0.1, 0.15) is 0 Å². The third kappa shape index (κ3) is 4.55. The van der Waals surface area contributed by atoms with Crippen LogP contribution in [0, 0.1) is 11.3 Å². The molecule has 1 aliphatic heterocycles. The van der Waals surface area contributed by atoms with Gasteiger partial charge >= 0.3 is 0 Å². The van der Waals surface area contributed by atoms with Crippen LogP contribution in [-0.4, -0.2) is 46.5 Å². The van der Waals surface area contributed by atoms with Crippen LogP contribution in [0.3, 0.4) is 0 Å². The first-order chi connectivity index (χ1) is 16.7. The molecule has 6 nitrogen and oxygen atoms in total. The monoisotopic (exact) mass is 447 g/mol. The average molecular weight is 448 g/mol. The zero-order valence-electron chi connectivity index (χ0n) is 18.8. The number of rotatable bonds is 5. The third-order valence-electron chi connectivity index (χ3n) is 6.22. The molecule has 168 valence electrons. The van der Waals surface area contributed by atoms with Crippen LogP contribution in [-0.2, 0) is 6.54 Å². The number of benzene rings is 2. The Hall–Kier alpha value is -4.37.